The molecule has 2 fully saturated rings. The van der Waals surface area contributed by atoms with Crippen molar-refractivity contribution in [3.05, 3.63) is 36.0 Å². The summed E-state index contributed by atoms with van der Waals surface area (Å²) in [7, 11) is 1.68. The molecule has 1 aliphatic carbocycles. The molecule has 4 rings (SSSR count). The standard InChI is InChI=1S/C22H30N4O2/c1-28-20-9-5-17(6-10-20)22-18(13-23-25-22)15-26-12-2-3-16(14-26)4-11-21(27)24-19-7-8-19/h5-6,9-10,13,16,19H,2-4,7-8,11-12,14-15H2,1H3,(H,23,25)(H,24,27)/t16-/m0/s1. The van der Waals surface area contributed by atoms with Gasteiger partial charge in [0, 0.05) is 36.7 Å². The van der Waals surface area contributed by atoms with Gasteiger partial charge in [-0.2, -0.15) is 5.10 Å². The van der Waals surface area contributed by atoms with Crippen molar-refractivity contribution in [2.24, 2.45) is 5.92 Å². The van der Waals surface area contributed by atoms with E-state index in [1.54, 1.807) is 7.11 Å². The Hall–Kier alpha value is -2.34. The first-order chi connectivity index (χ1) is 13.7. The van der Waals surface area contributed by atoms with Gasteiger partial charge in [-0.15, -0.1) is 0 Å². The topological polar surface area (TPSA) is 70.2 Å². The third-order valence-corrected chi connectivity index (χ3v) is 5.82. The van der Waals surface area contributed by atoms with Gasteiger partial charge in [0.2, 0.25) is 5.91 Å². The van der Waals surface area contributed by atoms with Gasteiger partial charge in [-0.25, -0.2) is 0 Å². The minimum atomic E-state index is 0.233. The highest BCUT2D eigenvalue weighted by Crippen LogP contribution is 2.27. The maximum absolute atomic E-state index is 12.0. The van der Waals surface area contributed by atoms with E-state index in [-0.39, 0.29) is 5.91 Å². The molecule has 1 atom stereocenters. The van der Waals surface area contributed by atoms with Crippen molar-refractivity contribution in [3.8, 4) is 17.0 Å². The Labute approximate surface area is 166 Å². The Balaban J connectivity index is 1.32. The van der Waals surface area contributed by atoms with E-state index in [2.05, 4.69) is 32.5 Å². The molecule has 1 amide bonds. The van der Waals surface area contributed by atoms with Crippen LogP contribution in [0, 0.1) is 5.92 Å². The molecule has 0 unspecified atom stereocenters. The Bertz CT molecular complexity index is 782. The molecule has 150 valence electrons. The number of nitrogens with zero attached hydrogens (tertiary/aromatic N) is 2. The number of carbonyl (C=O) groups excluding carboxylic acids is 1. The predicted molar refractivity (Wildman–Crippen MR) is 109 cm³/mol. The molecule has 1 aromatic carbocycles. The second kappa shape index (κ2) is 8.78. The molecule has 2 aromatic rings. The van der Waals surface area contributed by atoms with E-state index in [1.807, 2.05) is 18.3 Å². The molecule has 2 N–H and O–H groups in total. The Morgan fingerprint density at radius 3 is 2.86 bits per heavy atom. The number of hydrogen-bond acceptors (Lipinski definition) is 4. The van der Waals surface area contributed by atoms with Crippen LogP contribution in [0.2, 0.25) is 0 Å². The lowest BCUT2D eigenvalue weighted by molar-refractivity contribution is -0.121. The van der Waals surface area contributed by atoms with Gasteiger partial charge in [0.05, 0.1) is 19.0 Å². The number of carbonyl (C=O) groups is 1. The number of aromatic amines is 1. The van der Waals surface area contributed by atoms with Crippen LogP contribution in [0.3, 0.4) is 0 Å². The molecule has 1 saturated heterocycles. The average Bonchev–Trinajstić information content (AvgIpc) is 3.42. The number of rotatable bonds is 8. The molecule has 1 saturated carbocycles. The van der Waals surface area contributed by atoms with Gasteiger partial charge in [0.25, 0.3) is 0 Å². The number of methoxy groups -OCH3 is 1. The fourth-order valence-electron chi connectivity index (χ4n) is 4.07. The highest BCUT2D eigenvalue weighted by Gasteiger charge is 2.25. The third kappa shape index (κ3) is 4.93. The van der Waals surface area contributed by atoms with Crippen molar-refractivity contribution in [3.63, 3.8) is 0 Å². The normalized spacial score (nSPS) is 20.1. The summed E-state index contributed by atoms with van der Waals surface area (Å²) in [4.78, 5) is 14.5. The second-order valence-corrected chi connectivity index (χ2v) is 8.12. The van der Waals surface area contributed by atoms with Crippen LogP contribution in [0.1, 0.15) is 44.1 Å². The van der Waals surface area contributed by atoms with E-state index in [9.17, 15) is 4.79 Å². The number of piperidine rings is 1. The van der Waals surface area contributed by atoms with Crippen molar-refractivity contribution in [1.29, 1.82) is 0 Å². The summed E-state index contributed by atoms with van der Waals surface area (Å²) in [6, 6.07) is 8.54. The Morgan fingerprint density at radius 2 is 2.11 bits per heavy atom. The maximum Gasteiger partial charge on any atom is 0.220 e. The lowest BCUT2D eigenvalue weighted by Crippen LogP contribution is -2.35. The predicted octanol–water partition coefficient (Wildman–Crippen LogP) is 3.36. The minimum Gasteiger partial charge on any atom is -0.497 e. The zero-order chi connectivity index (χ0) is 19.3. The molecule has 28 heavy (non-hydrogen) atoms. The van der Waals surface area contributed by atoms with Gasteiger partial charge < -0.3 is 10.1 Å². The van der Waals surface area contributed by atoms with E-state index in [4.69, 9.17) is 4.74 Å². The molecular weight excluding hydrogens is 352 g/mol. The van der Waals surface area contributed by atoms with Gasteiger partial charge in [0.15, 0.2) is 0 Å². The molecule has 6 nitrogen and oxygen atoms in total. The second-order valence-electron chi connectivity index (χ2n) is 8.12. The monoisotopic (exact) mass is 382 g/mol. The van der Waals surface area contributed by atoms with E-state index in [1.165, 1.54) is 18.4 Å². The van der Waals surface area contributed by atoms with Crippen molar-refractivity contribution in [2.45, 2.75) is 51.1 Å². The van der Waals surface area contributed by atoms with E-state index < -0.39 is 0 Å². The number of H-pyrrole nitrogens is 1. The average molecular weight is 383 g/mol. The fourth-order valence-corrected chi connectivity index (χ4v) is 4.07. The lowest BCUT2D eigenvalue weighted by atomic mass is 9.93. The van der Waals surface area contributed by atoms with Crippen LogP contribution >= 0.6 is 0 Å². The first-order valence-corrected chi connectivity index (χ1v) is 10.4. The van der Waals surface area contributed by atoms with Gasteiger partial charge in [-0.05, 0) is 68.8 Å². The Morgan fingerprint density at radius 1 is 1.29 bits per heavy atom. The third-order valence-electron chi connectivity index (χ3n) is 5.82. The summed E-state index contributed by atoms with van der Waals surface area (Å²) in [5.41, 5.74) is 3.42. The molecule has 6 heteroatoms. The van der Waals surface area contributed by atoms with Crippen molar-refractivity contribution in [2.75, 3.05) is 20.2 Å². The zero-order valence-corrected chi connectivity index (χ0v) is 16.6. The largest absolute Gasteiger partial charge is 0.497 e. The van der Waals surface area contributed by atoms with Crippen LogP contribution in [-0.2, 0) is 11.3 Å². The number of hydrogen-bond donors (Lipinski definition) is 2. The quantitative estimate of drug-likeness (QED) is 0.734. The van der Waals surface area contributed by atoms with Gasteiger partial charge >= 0.3 is 0 Å². The van der Waals surface area contributed by atoms with Crippen molar-refractivity contribution < 1.29 is 9.53 Å². The molecule has 0 radical (unpaired) electrons. The van der Waals surface area contributed by atoms with E-state index in [0.717, 1.165) is 55.9 Å². The molecule has 2 heterocycles. The minimum absolute atomic E-state index is 0.233. The molecule has 1 aromatic heterocycles. The number of likely N-dealkylation sites (tertiary alicyclic amines) is 1. The Kier molecular flexibility index (Phi) is 5.95. The molecule has 1 aliphatic heterocycles. The van der Waals surface area contributed by atoms with Crippen LogP contribution in [0.4, 0.5) is 0 Å². The van der Waals surface area contributed by atoms with Crippen LogP contribution in [0.25, 0.3) is 11.3 Å². The van der Waals surface area contributed by atoms with Crippen LogP contribution < -0.4 is 10.1 Å². The van der Waals surface area contributed by atoms with Crippen LogP contribution in [0.15, 0.2) is 30.5 Å². The van der Waals surface area contributed by atoms with Gasteiger partial charge in [0.1, 0.15) is 5.75 Å². The van der Waals surface area contributed by atoms with Gasteiger partial charge in [-0.1, -0.05) is 0 Å². The maximum atomic E-state index is 12.0. The number of ether oxygens (including phenoxy) is 1. The number of aromatic nitrogens is 2. The van der Waals surface area contributed by atoms with Crippen LogP contribution in [0.5, 0.6) is 5.75 Å². The highest BCUT2D eigenvalue weighted by molar-refractivity contribution is 5.76. The summed E-state index contributed by atoms with van der Waals surface area (Å²) in [6.07, 6.45) is 8.33. The first-order valence-electron chi connectivity index (χ1n) is 10.4. The van der Waals surface area contributed by atoms with Crippen molar-refractivity contribution in [1.82, 2.24) is 20.4 Å². The molecule has 0 bridgehead atoms. The first kappa shape index (κ1) is 19.0. The smallest absolute Gasteiger partial charge is 0.220 e. The number of nitrogens with one attached hydrogen (secondary N) is 2. The lowest BCUT2D eigenvalue weighted by Gasteiger charge is -2.32. The summed E-state index contributed by atoms with van der Waals surface area (Å²) < 4.78 is 5.25. The highest BCUT2D eigenvalue weighted by atomic mass is 16.5. The molecule has 2 aliphatic rings. The van der Waals surface area contributed by atoms with Gasteiger partial charge in [-0.3, -0.25) is 14.8 Å². The SMILES string of the molecule is COc1ccc(-c2[nH]ncc2CN2CCC[C@@H](CCC(=O)NC3CC3)C2)cc1. The van der Waals surface area contributed by atoms with Crippen LogP contribution in [-0.4, -0.2) is 47.2 Å². The number of amides is 1. The van der Waals surface area contributed by atoms with E-state index in [0.29, 0.717) is 18.4 Å². The molecular formula is C22H30N4O2. The van der Waals surface area contributed by atoms with Crippen molar-refractivity contribution >= 4 is 5.91 Å². The fraction of sp³-hybridized carbons (Fsp3) is 0.545. The summed E-state index contributed by atoms with van der Waals surface area (Å²) in [6.45, 7) is 3.06. The summed E-state index contributed by atoms with van der Waals surface area (Å²) in [5.74, 6) is 1.70. The molecule has 0 spiro atoms. The summed E-state index contributed by atoms with van der Waals surface area (Å²) >= 11 is 0. The summed E-state index contributed by atoms with van der Waals surface area (Å²) in [5, 5.41) is 10.5. The number of benzene rings is 1. The zero-order valence-electron chi connectivity index (χ0n) is 16.6. The van der Waals surface area contributed by atoms with E-state index >= 15 is 0 Å².